The van der Waals surface area contributed by atoms with Crippen molar-refractivity contribution in [2.45, 2.75) is 37.9 Å². The molecule has 0 bridgehead atoms. The number of hydrogen-bond donors (Lipinski definition) is 7. The number of aromatic hydroxyl groups is 1. The van der Waals surface area contributed by atoms with E-state index in [1.54, 1.807) is 19.9 Å². The van der Waals surface area contributed by atoms with Crippen LogP contribution < -0.4 is 11.5 Å². The van der Waals surface area contributed by atoms with Crippen molar-refractivity contribution in [1.82, 2.24) is 0 Å². The van der Waals surface area contributed by atoms with E-state index in [0.717, 1.165) is 0 Å². The molecule has 0 radical (unpaired) electrons. The van der Waals surface area contributed by atoms with Crippen molar-refractivity contribution in [3.8, 4) is 5.75 Å². The highest BCUT2D eigenvalue weighted by molar-refractivity contribution is 6.24. The second-order valence-corrected chi connectivity index (χ2v) is 8.41. The number of aryl methyl sites for hydroxylation is 1. The molecule has 1 aromatic carbocycles. The van der Waals surface area contributed by atoms with Crippen LogP contribution in [0.25, 0.3) is 0 Å². The first-order valence-electron chi connectivity index (χ1n) is 9.62. The number of fused-ring (bicyclic) bond motifs is 3. The molecule has 0 heterocycles. The number of nitrogen functional groups attached to an aromatic ring is 1. The monoisotopic (exact) mass is 430 g/mol. The summed E-state index contributed by atoms with van der Waals surface area (Å²) in [5, 5.41) is 53.9. The Balaban J connectivity index is 2.02. The summed E-state index contributed by atoms with van der Waals surface area (Å²) in [4.78, 5) is 37.9. The van der Waals surface area contributed by atoms with E-state index in [4.69, 9.17) is 11.5 Å². The lowest BCUT2D eigenvalue weighted by molar-refractivity contribution is -0.154. The first kappa shape index (κ1) is 20.9. The number of ketones is 2. The number of phenols is 1. The van der Waals surface area contributed by atoms with Crippen LogP contribution in [0.4, 0.5) is 5.69 Å². The molecular formula is C21H22N2O8. The largest absolute Gasteiger partial charge is 0.511 e. The second-order valence-electron chi connectivity index (χ2n) is 8.41. The number of Topliss-reactive ketones (excluding diaryl/α,β-unsaturated/α-hetero) is 2. The minimum Gasteiger partial charge on any atom is -0.511 e. The first-order valence-corrected chi connectivity index (χ1v) is 9.62. The molecule has 0 fully saturated rings. The summed E-state index contributed by atoms with van der Waals surface area (Å²) in [6.07, 6.45) is -2.07. The van der Waals surface area contributed by atoms with Gasteiger partial charge in [-0.2, -0.15) is 0 Å². The van der Waals surface area contributed by atoms with Crippen LogP contribution in [-0.4, -0.2) is 54.7 Å². The number of hydrogen-bond acceptors (Lipinski definition) is 9. The molecule has 9 N–H and O–H groups in total. The molecule has 1 aromatic rings. The molecule has 0 aromatic heterocycles. The topological polar surface area (TPSA) is 204 Å². The zero-order valence-electron chi connectivity index (χ0n) is 16.7. The van der Waals surface area contributed by atoms with Gasteiger partial charge in [0.15, 0.2) is 11.4 Å². The third-order valence-corrected chi connectivity index (χ3v) is 6.87. The fourth-order valence-electron chi connectivity index (χ4n) is 5.21. The van der Waals surface area contributed by atoms with E-state index in [1.807, 2.05) is 0 Å². The van der Waals surface area contributed by atoms with Gasteiger partial charge >= 0.3 is 0 Å². The molecule has 0 aliphatic heterocycles. The van der Waals surface area contributed by atoms with E-state index in [9.17, 15) is 39.9 Å². The number of nitrogens with two attached hydrogens (primary N) is 2. The van der Waals surface area contributed by atoms with Gasteiger partial charge in [0.1, 0.15) is 22.8 Å². The Morgan fingerprint density at radius 2 is 1.84 bits per heavy atom. The number of rotatable bonds is 1. The fraction of sp³-hybridized carbons (Fsp3) is 0.381. The van der Waals surface area contributed by atoms with Crippen LogP contribution in [-0.2, 0) is 9.59 Å². The van der Waals surface area contributed by atoms with Crippen molar-refractivity contribution < 1.29 is 39.9 Å². The molecular weight excluding hydrogens is 408 g/mol. The predicted molar refractivity (Wildman–Crippen MR) is 106 cm³/mol. The minimum absolute atomic E-state index is 0.0385. The second kappa shape index (κ2) is 6.32. The molecule has 5 atom stereocenters. The van der Waals surface area contributed by atoms with Crippen molar-refractivity contribution in [1.29, 1.82) is 0 Å². The van der Waals surface area contributed by atoms with Gasteiger partial charge in [-0.05, 0) is 24.0 Å². The lowest BCUT2D eigenvalue weighted by Crippen LogP contribution is -2.62. The molecule has 31 heavy (non-hydrogen) atoms. The molecule has 0 spiro atoms. The van der Waals surface area contributed by atoms with E-state index < -0.39 is 81.8 Å². The highest BCUT2D eigenvalue weighted by atomic mass is 16.4. The maximum absolute atomic E-state index is 13.3. The smallest absolute Gasteiger partial charge is 0.255 e. The summed E-state index contributed by atoms with van der Waals surface area (Å²) in [5.74, 6) is -9.00. The minimum atomic E-state index is -2.85. The number of carbonyl (C=O) groups is 3. The van der Waals surface area contributed by atoms with Crippen LogP contribution in [0, 0.1) is 18.8 Å². The number of aliphatic hydroxyl groups excluding tert-OH is 3. The molecule has 0 unspecified atom stereocenters. The molecule has 3 aliphatic carbocycles. The van der Waals surface area contributed by atoms with Crippen LogP contribution in [0.1, 0.15) is 40.7 Å². The van der Waals surface area contributed by atoms with Gasteiger partial charge in [0.05, 0.1) is 17.4 Å². The van der Waals surface area contributed by atoms with Crippen LogP contribution in [0.2, 0.25) is 0 Å². The van der Waals surface area contributed by atoms with E-state index in [0.29, 0.717) is 11.1 Å². The maximum Gasteiger partial charge on any atom is 0.255 e. The van der Waals surface area contributed by atoms with Crippen LogP contribution >= 0.6 is 0 Å². The van der Waals surface area contributed by atoms with Gasteiger partial charge in [-0.1, -0.05) is 13.0 Å². The Kier molecular flexibility index (Phi) is 4.25. The summed E-state index contributed by atoms with van der Waals surface area (Å²) in [6, 6.07) is 1.60. The van der Waals surface area contributed by atoms with Gasteiger partial charge in [-0.3, -0.25) is 14.4 Å². The molecule has 10 heteroatoms. The van der Waals surface area contributed by atoms with Crippen molar-refractivity contribution in [2.24, 2.45) is 17.6 Å². The number of phenolic OH excluding ortho intramolecular Hbond substituents is 1. The predicted octanol–water partition coefficient (Wildman–Crippen LogP) is 0.00292. The highest BCUT2D eigenvalue weighted by Gasteiger charge is 2.64. The lowest BCUT2D eigenvalue weighted by Gasteiger charge is -2.50. The Hall–Kier alpha value is -3.37. The summed E-state index contributed by atoms with van der Waals surface area (Å²) < 4.78 is 0. The van der Waals surface area contributed by atoms with Gasteiger partial charge in [-0.25, -0.2) is 0 Å². The van der Waals surface area contributed by atoms with E-state index in [-0.39, 0.29) is 11.3 Å². The van der Waals surface area contributed by atoms with Crippen LogP contribution in [0.15, 0.2) is 28.7 Å². The van der Waals surface area contributed by atoms with Crippen LogP contribution in [0.5, 0.6) is 5.75 Å². The Bertz CT molecular complexity index is 1150. The van der Waals surface area contributed by atoms with Gasteiger partial charge in [0.25, 0.3) is 5.91 Å². The Morgan fingerprint density at radius 3 is 2.42 bits per heavy atom. The quantitative estimate of drug-likeness (QED) is 0.182. The standard InChI is InChI=1S/C21H22N2O8/c1-5-3-7-6(2)10-13(16(26)11(7)17(27)14(5)22)19(29)21(31)8(15(10)25)4-9(24)12(18(21)28)20(23)30/h3,6,8,10,15,24-25,27,29,31H,4,22H2,1-2H3,(H2,23,30)/t6-,8+,10+,15+,21+/m0/s1. The molecule has 164 valence electrons. The molecule has 4 rings (SSSR count). The molecule has 0 saturated heterocycles. The average Bonchev–Trinajstić information content (AvgIpc) is 2.69. The number of primary amides is 1. The lowest BCUT2D eigenvalue weighted by atomic mass is 9.56. The average molecular weight is 430 g/mol. The summed E-state index contributed by atoms with van der Waals surface area (Å²) in [7, 11) is 0. The Morgan fingerprint density at radius 1 is 1.23 bits per heavy atom. The third kappa shape index (κ3) is 2.37. The number of allylic oxidation sites excluding steroid dienone is 1. The highest BCUT2D eigenvalue weighted by Crippen LogP contribution is 2.55. The van der Waals surface area contributed by atoms with Crippen LogP contribution in [0.3, 0.4) is 0 Å². The SMILES string of the molecule is Cc1cc2c(c(O)c1N)C(=O)C1=C(O)[C@]3(O)C(=O)C(C(N)=O)=C(O)C[C@@H]3[C@@H](O)[C@@H]1[C@H]2C. The number of aliphatic hydroxyl groups is 4. The van der Waals surface area contributed by atoms with E-state index in [1.165, 1.54) is 0 Å². The van der Waals surface area contributed by atoms with Gasteiger partial charge in [0.2, 0.25) is 5.78 Å². The van der Waals surface area contributed by atoms with Crippen molar-refractivity contribution in [3.63, 3.8) is 0 Å². The van der Waals surface area contributed by atoms with Crippen molar-refractivity contribution >= 4 is 23.2 Å². The van der Waals surface area contributed by atoms with Gasteiger partial charge in [-0.15, -0.1) is 0 Å². The number of anilines is 1. The first-order chi connectivity index (χ1) is 14.3. The number of benzene rings is 1. The summed E-state index contributed by atoms with van der Waals surface area (Å²) in [5.41, 5.74) is 7.44. The number of carbonyl (C=O) groups excluding carboxylic acids is 3. The Labute approximate surface area is 176 Å². The molecule has 10 nitrogen and oxygen atoms in total. The molecule has 1 amide bonds. The summed E-state index contributed by atoms with van der Waals surface area (Å²) >= 11 is 0. The number of amides is 1. The van der Waals surface area contributed by atoms with E-state index >= 15 is 0 Å². The fourth-order valence-corrected chi connectivity index (χ4v) is 5.21. The van der Waals surface area contributed by atoms with E-state index in [2.05, 4.69) is 0 Å². The molecule has 0 saturated carbocycles. The maximum atomic E-state index is 13.3. The third-order valence-electron chi connectivity index (χ3n) is 6.87. The summed E-state index contributed by atoms with van der Waals surface area (Å²) in [6.45, 7) is 3.29. The van der Waals surface area contributed by atoms with Gasteiger partial charge < -0.3 is 37.0 Å². The zero-order chi connectivity index (χ0) is 23.2. The van der Waals surface area contributed by atoms with Crippen molar-refractivity contribution in [2.75, 3.05) is 5.73 Å². The van der Waals surface area contributed by atoms with Crippen molar-refractivity contribution in [3.05, 3.63) is 45.4 Å². The van der Waals surface area contributed by atoms with Gasteiger partial charge in [0, 0.05) is 23.8 Å². The zero-order valence-corrected chi connectivity index (χ0v) is 16.7. The normalized spacial score (nSPS) is 32.5. The molecule has 3 aliphatic rings.